The molecule has 0 aliphatic heterocycles. The second-order valence-electron chi connectivity index (χ2n) is 5.93. The van der Waals surface area contributed by atoms with Gasteiger partial charge in [0.25, 0.3) is 0 Å². The molecule has 2 N–H and O–H groups in total. The number of benzene rings is 2. The summed E-state index contributed by atoms with van der Waals surface area (Å²) in [7, 11) is 3.19. The summed E-state index contributed by atoms with van der Waals surface area (Å²) in [6.45, 7) is 5.88. The third-order valence-electron chi connectivity index (χ3n) is 4.13. The highest BCUT2D eigenvalue weighted by Gasteiger charge is 2.16. The molecular weight excluding hydrogens is 316 g/mol. The molecule has 5 heteroatoms. The van der Waals surface area contributed by atoms with Gasteiger partial charge in [-0.1, -0.05) is 19.1 Å². The van der Waals surface area contributed by atoms with Crippen LogP contribution < -0.4 is 20.1 Å². The summed E-state index contributed by atoms with van der Waals surface area (Å²) in [5.41, 5.74) is 3.84. The molecule has 0 fully saturated rings. The standard InChI is InChI=1S/C20H26N2O3/c1-6-15-7-9-16(10-8-15)22-20(23)14(3)21-17-12-19(25-5)18(24-4)11-13(17)2/h7-12,14,21H,6H2,1-5H3,(H,22,23)/t14-/m0/s1. The van der Waals surface area contributed by atoms with Crippen molar-refractivity contribution in [2.24, 2.45) is 0 Å². The zero-order valence-electron chi connectivity index (χ0n) is 15.5. The summed E-state index contributed by atoms with van der Waals surface area (Å²) in [6.07, 6.45) is 0.977. The second kappa shape index (κ2) is 8.42. The van der Waals surface area contributed by atoms with E-state index in [1.54, 1.807) is 14.2 Å². The molecule has 0 unspecified atom stereocenters. The maximum atomic E-state index is 12.4. The number of amides is 1. The van der Waals surface area contributed by atoms with Crippen molar-refractivity contribution in [2.45, 2.75) is 33.2 Å². The number of hydrogen-bond acceptors (Lipinski definition) is 4. The molecule has 2 aromatic carbocycles. The van der Waals surface area contributed by atoms with Gasteiger partial charge in [-0.05, 0) is 49.6 Å². The van der Waals surface area contributed by atoms with Crippen molar-refractivity contribution in [3.8, 4) is 11.5 Å². The Labute approximate surface area is 149 Å². The molecule has 0 bridgehead atoms. The quantitative estimate of drug-likeness (QED) is 0.798. The van der Waals surface area contributed by atoms with E-state index in [1.165, 1.54) is 5.56 Å². The minimum absolute atomic E-state index is 0.0987. The van der Waals surface area contributed by atoms with E-state index < -0.39 is 6.04 Å². The summed E-state index contributed by atoms with van der Waals surface area (Å²) < 4.78 is 10.6. The van der Waals surface area contributed by atoms with Crippen LogP contribution >= 0.6 is 0 Å². The van der Waals surface area contributed by atoms with Crippen LogP contribution in [0.4, 0.5) is 11.4 Å². The summed E-state index contributed by atoms with van der Waals surface area (Å²) in [4.78, 5) is 12.4. The van der Waals surface area contributed by atoms with Gasteiger partial charge in [0.15, 0.2) is 11.5 Å². The van der Waals surface area contributed by atoms with Crippen molar-refractivity contribution in [3.63, 3.8) is 0 Å². The van der Waals surface area contributed by atoms with Crippen LogP contribution in [-0.2, 0) is 11.2 Å². The van der Waals surface area contributed by atoms with E-state index in [2.05, 4.69) is 17.6 Å². The molecule has 0 saturated carbocycles. The molecule has 1 amide bonds. The molecule has 1 atom stereocenters. The number of anilines is 2. The van der Waals surface area contributed by atoms with Crippen LogP contribution in [0.15, 0.2) is 36.4 Å². The first-order valence-corrected chi connectivity index (χ1v) is 8.37. The number of carbonyl (C=O) groups is 1. The molecule has 0 aromatic heterocycles. The molecule has 0 saturated heterocycles. The van der Waals surface area contributed by atoms with E-state index in [0.29, 0.717) is 11.5 Å². The predicted molar refractivity (Wildman–Crippen MR) is 102 cm³/mol. The Hall–Kier alpha value is -2.69. The zero-order valence-corrected chi connectivity index (χ0v) is 15.5. The molecule has 0 aliphatic rings. The van der Waals surface area contributed by atoms with Gasteiger partial charge in [0, 0.05) is 17.4 Å². The summed E-state index contributed by atoms with van der Waals surface area (Å²) >= 11 is 0. The number of hydrogen-bond donors (Lipinski definition) is 2. The van der Waals surface area contributed by atoms with Crippen LogP contribution in [0.5, 0.6) is 11.5 Å². The van der Waals surface area contributed by atoms with Gasteiger partial charge in [-0.3, -0.25) is 4.79 Å². The molecule has 0 aliphatic carbocycles. The smallest absolute Gasteiger partial charge is 0.246 e. The predicted octanol–water partition coefficient (Wildman–Crippen LogP) is 4.01. The Morgan fingerprint density at radius 1 is 1.08 bits per heavy atom. The van der Waals surface area contributed by atoms with E-state index >= 15 is 0 Å². The molecule has 0 spiro atoms. The van der Waals surface area contributed by atoms with Crippen molar-refractivity contribution in [3.05, 3.63) is 47.5 Å². The number of methoxy groups -OCH3 is 2. The van der Waals surface area contributed by atoms with Crippen molar-refractivity contribution in [1.82, 2.24) is 0 Å². The first-order chi connectivity index (χ1) is 12.0. The van der Waals surface area contributed by atoms with Gasteiger partial charge in [0.2, 0.25) is 5.91 Å². The molecule has 25 heavy (non-hydrogen) atoms. The Bertz CT molecular complexity index is 726. The lowest BCUT2D eigenvalue weighted by Crippen LogP contribution is -2.32. The van der Waals surface area contributed by atoms with Crippen molar-refractivity contribution < 1.29 is 14.3 Å². The largest absolute Gasteiger partial charge is 0.493 e. The fourth-order valence-electron chi connectivity index (χ4n) is 2.51. The minimum atomic E-state index is -0.400. The number of ether oxygens (including phenoxy) is 2. The van der Waals surface area contributed by atoms with E-state index in [-0.39, 0.29) is 5.91 Å². The zero-order chi connectivity index (χ0) is 18.4. The minimum Gasteiger partial charge on any atom is -0.493 e. The molecular formula is C20H26N2O3. The van der Waals surface area contributed by atoms with Crippen LogP contribution in [0.2, 0.25) is 0 Å². The maximum Gasteiger partial charge on any atom is 0.246 e. The fraction of sp³-hybridized carbons (Fsp3) is 0.350. The van der Waals surface area contributed by atoms with Gasteiger partial charge in [-0.2, -0.15) is 0 Å². The Morgan fingerprint density at radius 2 is 1.68 bits per heavy atom. The third-order valence-corrected chi connectivity index (χ3v) is 4.13. The average molecular weight is 342 g/mol. The molecule has 134 valence electrons. The van der Waals surface area contributed by atoms with Crippen LogP contribution in [0.3, 0.4) is 0 Å². The molecule has 2 rings (SSSR count). The Kier molecular flexibility index (Phi) is 6.28. The fourth-order valence-corrected chi connectivity index (χ4v) is 2.51. The lowest BCUT2D eigenvalue weighted by molar-refractivity contribution is -0.116. The van der Waals surface area contributed by atoms with E-state index in [1.807, 2.05) is 50.2 Å². The van der Waals surface area contributed by atoms with Crippen molar-refractivity contribution in [2.75, 3.05) is 24.9 Å². The second-order valence-corrected chi connectivity index (χ2v) is 5.93. The summed E-state index contributed by atoms with van der Waals surface area (Å²) in [6, 6.07) is 11.2. The van der Waals surface area contributed by atoms with E-state index in [0.717, 1.165) is 23.4 Å². The van der Waals surface area contributed by atoms with Gasteiger partial charge in [-0.25, -0.2) is 0 Å². The summed E-state index contributed by atoms with van der Waals surface area (Å²) in [5, 5.41) is 6.16. The average Bonchev–Trinajstić information content (AvgIpc) is 2.63. The highest BCUT2D eigenvalue weighted by Crippen LogP contribution is 2.33. The Morgan fingerprint density at radius 3 is 2.24 bits per heavy atom. The first kappa shape index (κ1) is 18.6. The lowest BCUT2D eigenvalue weighted by atomic mass is 10.1. The number of nitrogens with one attached hydrogen (secondary N) is 2. The molecule has 5 nitrogen and oxygen atoms in total. The monoisotopic (exact) mass is 342 g/mol. The highest BCUT2D eigenvalue weighted by atomic mass is 16.5. The molecule has 0 heterocycles. The number of aryl methyl sites for hydroxylation is 2. The molecule has 2 aromatic rings. The highest BCUT2D eigenvalue weighted by molar-refractivity contribution is 5.96. The van der Waals surface area contributed by atoms with Crippen molar-refractivity contribution in [1.29, 1.82) is 0 Å². The van der Waals surface area contributed by atoms with Gasteiger partial charge in [0.1, 0.15) is 6.04 Å². The van der Waals surface area contributed by atoms with Crippen LogP contribution in [-0.4, -0.2) is 26.2 Å². The maximum absolute atomic E-state index is 12.4. The van der Waals surface area contributed by atoms with Gasteiger partial charge >= 0.3 is 0 Å². The van der Waals surface area contributed by atoms with Gasteiger partial charge in [0.05, 0.1) is 14.2 Å². The SMILES string of the molecule is CCc1ccc(NC(=O)[C@H](C)Nc2cc(OC)c(OC)cc2C)cc1. The van der Waals surface area contributed by atoms with Crippen LogP contribution in [0.25, 0.3) is 0 Å². The van der Waals surface area contributed by atoms with Crippen molar-refractivity contribution >= 4 is 17.3 Å². The first-order valence-electron chi connectivity index (χ1n) is 8.37. The number of rotatable bonds is 7. The topological polar surface area (TPSA) is 59.6 Å². The van der Waals surface area contributed by atoms with Gasteiger partial charge < -0.3 is 20.1 Å². The van der Waals surface area contributed by atoms with E-state index in [4.69, 9.17) is 9.47 Å². The van der Waals surface area contributed by atoms with Gasteiger partial charge in [-0.15, -0.1) is 0 Å². The molecule has 0 radical (unpaired) electrons. The Balaban J connectivity index is 2.07. The van der Waals surface area contributed by atoms with Crippen LogP contribution in [0.1, 0.15) is 25.0 Å². The third kappa shape index (κ3) is 4.66. The van der Waals surface area contributed by atoms with Crippen LogP contribution in [0, 0.1) is 6.92 Å². The summed E-state index contributed by atoms with van der Waals surface area (Å²) in [5.74, 6) is 1.19. The van der Waals surface area contributed by atoms with E-state index in [9.17, 15) is 4.79 Å². The lowest BCUT2D eigenvalue weighted by Gasteiger charge is -2.19. The number of carbonyl (C=O) groups excluding carboxylic acids is 1. The normalized spacial score (nSPS) is 11.6.